The fourth-order valence-electron chi connectivity index (χ4n) is 3.36. The Morgan fingerprint density at radius 3 is 2.52 bits per heavy atom. The number of rotatable bonds is 6. The normalized spacial score (nSPS) is 15.6. The van der Waals surface area contributed by atoms with Crippen molar-refractivity contribution in [2.24, 2.45) is 0 Å². The molecular formula is C18H19ClF3N7O2. The van der Waals surface area contributed by atoms with Crippen molar-refractivity contribution < 1.29 is 18.3 Å². The molecule has 166 valence electrons. The predicted octanol–water partition coefficient (Wildman–Crippen LogP) is 2.06. The van der Waals surface area contributed by atoms with Crippen LogP contribution in [0.1, 0.15) is 18.7 Å². The van der Waals surface area contributed by atoms with Gasteiger partial charge in [-0.2, -0.15) is 23.3 Å². The minimum Gasteiger partial charge on any atom is -0.382 e. The average molecular weight is 458 g/mol. The van der Waals surface area contributed by atoms with Crippen molar-refractivity contribution in [1.82, 2.24) is 29.5 Å². The van der Waals surface area contributed by atoms with Crippen molar-refractivity contribution in [3.8, 4) is 11.4 Å². The van der Waals surface area contributed by atoms with Gasteiger partial charge in [0.1, 0.15) is 6.54 Å². The van der Waals surface area contributed by atoms with Gasteiger partial charge < -0.3 is 10.0 Å². The Morgan fingerprint density at radius 2 is 1.87 bits per heavy atom. The van der Waals surface area contributed by atoms with Crippen LogP contribution in [-0.2, 0) is 13.1 Å². The Bertz CT molecular complexity index is 1100. The second kappa shape index (κ2) is 8.35. The molecule has 1 aromatic carbocycles. The summed E-state index contributed by atoms with van der Waals surface area (Å²) in [5.41, 5.74) is -0.442. The highest BCUT2D eigenvalue weighted by Crippen LogP contribution is 2.24. The molecule has 1 unspecified atom stereocenters. The monoisotopic (exact) mass is 457 g/mol. The van der Waals surface area contributed by atoms with Crippen molar-refractivity contribution in [3.63, 3.8) is 0 Å². The fraction of sp³-hybridized carbons (Fsp3) is 0.444. The van der Waals surface area contributed by atoms with Crippen LogP contribution in [0, 0.1) is 0 Å². The van der Waals surface area contributed by atoms with Gasteiger partial charge in [0.2, 0.25) is 5.95 Å². The van der Waals surface area contributed by atoms with E-state index in [1.54, 1.807) is 0 Å². The molecule has 9 nitrogen and oxygen atoms in total. The summed E-state index contributed by atoms with van der Waals surface area (Å²) < 4.78 is 40.5. The number of hydrogen-bond acceptors (Lipinski definition) is 6. The lowest BCUT2D eigenvalue weighted by molar-refractivity contribution is -0.207. The molecule has 0 aliphatic carbocycles. The minimum absolute atomic E-state index is 0.0275. The molecule has 1 aliphatic rings. The number of nitrogens with one attached hydrogen (secondary N) is 1. The maximum Gasteiger partial charge on any atom is 0.416 e. The number of aliphatic hydroxyl groups is 1. The number of halogens is 4. The summed E-state index contributed by atoms with van der Waals surface area (Å²) in [6.45, 7) is 0.560. The van der Waals surface area contributed by atoms with E-state index in [9.17, 15) is 23.1 Å². The number of nitrogens with zero attached hydrogens (tertiary/aromatic N) is 6. The summed E-state index contributed by atoms with van der Waals surface area (Å²) in [6.07, 6.45) is -5.51. The van der Waals surface area contributed by atoms with Gasteiger partial charge in [-0.25, -0.2) is 14.6 Å². The van der Waals surface area contributed by atoms with Crippen LogP contribution in [0.2, 0.25) is 5.02 Å². The number of hydrogen-bond donors (Lipinski definition) is 2. The largest absolute Gasteiger partial charge is 0.416 e. The molecule has 2 aromatic heterocycles. The van der Waals surface area contributed by atoms with Crippen LogP contribution >= 0.6 is 11.6 Å². The molecule has 0 saturated carbocycles. The van der Waals surface area contributed by atoms with Crippen LogP contribution in [0.5, 0.6) is 0 Å². The molecule has 4 rings (SSSR count). The van der Waals surface area contributed by atoms with Crippen molar-refractivity contribution in [2.75, 3.05) is 18.0 Å². The van der Waals surface area contributed by atoms with Gasteiger partial charge in [0.05, 0.1) is 6.54 Å². The van der Waals surface area contributed by atoms with Crippen LogP contribution in [-0.4, -0.2) is 60.0 Å². The highest BCUT2D eigenvalue weighted by molar-refractivity contribution is 6.30. The zero-order valence-electron chi connectivity index (χ0n) is 16.2. The number of anilines is 1. The summed E-state index contributed by atoms with van der Waals surface area (Å²) in [5.74, 6) is 0.818. The fourth-order valence-corrected chi connectivity index (χ4v) is 3.49. The molecule has 3 heterocycles. The van der Waals surface area contributed by atoms with Gasteiger partial charge in [-0.15, -0.1) is 5.10 Å². The van der Waals surface area contributed by atoms with Crippen LogP contribution in [0.4, 0.5) is 19.1 Å². The third-order valence-corrected chi connectivity index (χ3v) is 5.23. The topological polar surface area (TPSA) is 105 Å². The second-order valence-electron chi connectivity index (χ2n) is 7.21. The molecule has 0 radical (unpaired) electrons. The quantitative estimate of drug-likeness (QED) is 0.587. The van der Waals surface area contributed by atoms with Gasteiger partial charge in [-0.3, -0.25) is 4.57 Å². The van der Waals surface area contributed by atoms with Crippen molar-refractivity contribution >= 4 is 17.5 Å². The van der Waals surface area contributed by atoms with E-state index in [-0.39, 0.29) is 18.2 Å². The Kier molecular flexibility index (Phi) is 5.75. The third kappa shape index (κ3) is 4.59. The first-order valence-corrected chi connectivity index (χ1v) is 9.95. The molecule has 1 aliphatic heterocycles. The summed E-state index contributed by atoms with van der Waals surface area (Å²) in [6, 6.07) is 6.12. The molecule has 0 spiro atoms. The first-order chi connectivity index (χ1) is 14.7. The van der Waals surface area contributed by atoms with E-state index >= 15 is 0 Å². The van der Waals surface area contributed by atoms with Crippen molar-refractivity contribution in [2.45, 2.75) is 38.2 Å². The van der Waals surface area contributed by atoms with E-state index in [1.165, 1.54) is 24.3 Å². The van der Waals surface area contributed by atoms with Gasteiger partial charge in [0.15, 0.2) is 17.8 Å². The van der Waals surface area contributed by atoms with Gasteiger partial charge in [-0.05, 0) is 37.1 Å². The molecule has 3 aromatic rings. The van der Waals surface area contributed by atoms with Gasteiger partial charge in [0.25, 0.3) is 0 Å². The Labute approximate surface area is 179 Å². The first kappa shape index (κ1) is 21.4. The molecule has 0 bridgehead atoms. The lowest BCUT2D eigenvalue weighted by Crippen LogP contribution is -2.37. The Morgan fingerprint density at radius 1 is 1.19 bits per heavy atom. The zero-order chi connectivity index (χ0) is 22.2. The molecule has 0 amide bonds. The van der Waals surface area contributed by atoms with Crippen LogP contribution < -0.4 is 10.6 Å². The highest BCUT2D eigenvalue weighted by Gasteiger charge is 2.39. The van der Waals surface area contributed by atoms with Gasteiger partial charge >= 0.3 is 11.9 Å². The molecule has 13 heteroatoms. The van der Waals surface area contributed by atoms with Crippen LogP contribution in [0.25, 0.3) is 11.4 Å². The van der Waals surface area contributed by atoms with E-state index < -0.39 is 24.5 Å². The number of benzene rings is 1. The predicted molar refractivity (Wildman–Crippen MR) is 106 cm³/mol. The summed E-state index contributed by atoms with van der Waals surface area (Å²) in [5, 5.41) is 21.0. The first-order valence-electron chi connectivity index (χ1n) is 9.57. The van der Waals surface area contributed by atoms with Crippen LogP contribution in [0.15, 0.2) is 29.1 Å². The molecule has 31 heavy (non-hydrogen) atoms. The molecule has 1 fully saturated rings. The summed E-state index contributed by atoms with van der Waals surface area (Å²) in [7, 11) is 0. The maximum atomic E-state index is 12.9. The Hall–Kier alpha value is -2.86. The molecule has 1 saturated heterocycles. The SMILES string of the molecule is O=c1n(Cc2n[nH]c(N3CCCC3)n2)nc(-c2ccc(Cl)cc2)n1CC(O)C(F)(F)F. The molecule has 2 N–H and O–H groups in total. The molecular weight excluding hydrogens is 439 g/mol. The highest BCUT2D eigenvalue weighted by atomic mass is 35.5. The van der Waals surface area contributed by atoms with E-state index in [0.29, 0.717) is 16.5 Å². The average Bonchev–Trinajstić information content (AvgIpc) is 3.45. The van der Waals surface area contributed by atoms with Gasteiger partial charge in [-0.1, -0.05) is 11.6 Å². The minimum atomic E-state index is -4.88. The maximum absolute atomic E-state index is 12.9. The summed E-state index contributed by atoms with van der Waals surface area (Å²) in [4.78, 5) is 19.2. The standard InChI is InChI=1S/C18H19ClF3N7O2/c19-12-5-3-11(4-6-12)15-26-29(17(31)28(15)9-13(30)18(20,21)22)10-14-23-16(25-24-14)27-7-1-2-8-27/h3-6,13,30H,1-2,7-10H2,(H,23,24,25). The number of alkyl halides is 3. The zero-order valence-corrected chi connectivity index (χ0v) is 16.9. The van der Waals surface area contributed by atoms with Crippen molar-refractivity contribution in [3.05, 3.63) is 45.6 Å². The number of aliphatic hydroxyl groups excluding tert-OH is 1. The number of aromatic amines is 1. The smallest absolute Gasteiger partial charge is 0.382 e. The lowest BCUT2D eigenvalue weighted by atomic mass is 10.2. The number of H-pyrrole nitrogens is 1. The van der Waals surface area contributed by atoms with E-state index in [4.69, 9.17) is 11.6 Å². The Balaban J connectivity index is 1.67. The van der Waals surface area contributed by atoms with Crippen molar-refractivity contribution in [1.29, 1.82) is 0 Å². The summed E-state index contributed by atoms with van der Waals surface area (Å²) >= 11 is 5.88. The second-order valence-corrected chi connectivity index (χ2v) is 7.64. The van der Waals surface area contributed by atoms with Crippen LogP contribution in [0.3, 0.4) is 0 Å². The van der Waals surface area contributed by atoms with E-state index in [1.807, 2.05) is 4.90 Å². The lowest BCUT2D eigenvalue weighted by Gasteiger charge is -2.15. The van der Waals surface area contributed by atoms with E-state index in [0.717, 1.165) is 35.2 Å². The molecule has 1 atom stereocenters. The third-order valence-electron chi connectivity index (χ3n) is 4.98. The number of aromatic nitrogens is 6. The van der Waals surface area contributed by atoms with Gasteiger partial charge in [0, 0.05) is 23.7 Å². The van der Waals surface area contributed by atoms with E-state index in [2.05, 4.69) is 20.3 Å².